The number of sulfone groups is 1. The minimum atomic E-state index is -3.93. The molecule has 2 unspecified atom stereocenters. The van der Waals surface area contributed by atoms with E-state index in [-0.39, 0.29) is 17.3 Å². The van der Waals surface area contributed by atoms with Crippen LogP contribution in [0.15, 0.2) is 76.3 Å². The Morgan fingerprint density at radius 1 is 1.10 bits per heavy atom. The van der Waals surface area contributed by atoms with Crippen molar-refractivity contribution in [3.8, 4) is 0 Å². The quantitative estimate of drug-likeness (QED) is 0.683. The summed E-state index contributed by atoms with van der Waals surface area (Å²) in [6.07, 6.45) is 4.45. The maximum atomic E-state index is 13.6. The molecule has 7 heteroatoms. The van der Waals surface area contributed by atoms with E-state index in [0.717, 1.165) is 5.56 Å². The first-order valence-electron chi connectivity index (χ1n) is 9.40. The molecular formula is C22H20ClNO4S. The third-order valence-electron chi connectivity index (χ3n) is 5.35. The highest BCUT2D eigenvalue weighted by molar-refractivity contribution is 7.93. The fourth-order valence-electron chi connectivity index (χ4n) is 3.84. The lowest BCUT2D eigenvalue weighted by molar-refractivity contribution is -0.121. The van der Waals surface area contributed by atoms with Gasteiger partial charge in [0, 0.05) is 17.5 Å². The number of carbonyl (C=O) groups excluding carboxylic acids is 1. The van der Waals surface area contributed by atoms with Crippen LogP contribution in [0.25, 0.3) is 0 Å². The van der Waals surface area contributed by atoms with Crippen LogP contribution in [0.3, 0.4) is 0 Å². The number of ether oxygens (including phenoxy) is 1. The molecule has 5 nitrogen and oxygen atoms in total. The van der Waals surface area contributed by atoms with Crippen molar-refractivity contribution in [1.29, 1.82) is 0 Å². The molecule has 2 aromatic rings. The lowest BCUT2D eigenvalue weighted by Crippen LogP contribution is -2.43. The molecule has 29 heavy (non-hydrogen) atoms. The molecule has 1 saturated carbocycles. The number of allylic oxidation sites excluding steroid dienone is 1. The van der Waals surface area contributed by atoms with Crippen LogP contribution < -0.4 is 0 Å². The number of rotatable bonds is 6. The van der Waals surface area contributed by atoms with Gasteiger partial charge in [0.2, 0.25) is 9.84 Å². The van der Waals surface area contributed by atoms with E-state index in [2.05, 4.69) is 4.99 Å². The van der Waals surface area contributed by atoms with Gasteiger partial charge in [-0.3, -0.25) is 9.79 Å². The van der Waals surface area contributed by atoms with E-state index >= 15 is 0 Å². The Kier molecular flexibility index (Phi) is 5.32. The van der Waals surface area contributed by atoms with Crippen molar-refractivity contribution in [2.45, 2.75) is 35.6 Å². The Morgan fingerprint density at radius 2 is 1.83 bits per heavy atom. The van der Waals surface area contributed by atoms with E-state index in [1.54, 1.807) is 30.3 Å². The molecule has 1 aliphatic heterocycles. The summed E-state index contributed by atoms with van der Waals surface area (Å²) in [5.74, 6) is -0.434. The summed E-state index contributed by atoms with van der Waals surface area (Å²) in [5.41, 5.74) is 0.893. The summed E-state index contributed by atoms with van der Waals surface area (Å²) in [4.78, 5) is 15.4. The van der Waals surface area contributed by atoms with Crippen LogP contribution in [-0.2, 0) is 26.0 Å². The monoisotopic (exact) mass is 429 g/mol. The van der Waals surface area contributed by atoms with E-state index in [9.17, 15) is 13.2 Å². The molecule has 1 aliphatic carbocycles. The van der Waals surface area contributed by atoms with E-state index < -0.39 is 20.6 Å². The van der Waals surface area contributed by atoms with Crippen LogP contribution in [0.4, 0.5) is 0 Å². The molecule has 2 aromatic carbocycles. The molecule has 4 rings (SSSR count). The number of halogens is 1. The largest absolute Gasteiger partial charge is 0.488 e. The van der Waals surface area contributed by atoms with Gasteiger partial charge in [0.15, 0.2) is 4.87 Å². The second-order valence-corrected chi connectivity index (χ2v) is 9.77. The van der Waals surface area contributed by atoms with Crippen molar-refractivity contribution in [2.75, 3.05) is 0 Å². The molecule has 1 fully saturated rings. The van der Waals surface area contributed by atoms with Crippen LogP contribution >= 0.6 is 11.6 Å². The van der Waals surface area contributed by atoms with E-state index in [1.807, 2.05) is 12.1 Å². The molecule has 0 aromatic heterocycles. The van der Waals surface area contributed by atoms with Crippen molar-refractivity contribution in [3.63, 3.8) is 0 Å². The Bertz CT molecular complexity index is 1080. The summed E-state index contributed by atoms with van der Waals surface area (Å²) in [6, 6.07) is 15.3. The first kappa shape index (κ1) is 19.9. The van der Waals surface area contributed by atoms with Gasteiger partial charge in [0.25, 0.3) is 0 Å². The number of hydrogen-bond donors (Lipinski definition) is 0. The molecule has 0 N–H and O–H groups in total. The number of Topliss-reactive ketones (excluding diaryl/α,β-unsaturated/α-hetero) is 1. The van der Waals surface area contributed by atoms with E-state index in [4.69, 9.17) is 16.3 Å². The molecule has 0 spiro atoms. The molecule has 0 saturated heterocycles. The van der Waals surface area contributed by atoms with Gasteiger partial charge in [-0.25, -0.2) is 8.42 Å². The Morgan fingerprint density at radius 3 is 2.48 bits per heavy atom. The smallest absolute Gasteiger partial charge is 0.208 e. The first-order valence-corrected chi connectivity index (χ1v) is 11.3. The molecule has 0 radical (unpaired) electrons. The minimum Gasteiger partial charge on any atom is -0.488 e. The van der Waals surface area contributed by atoms with Crippen molar-refractivity contribution >= 4 is 33.4 Å². The number of hydrogen-bond acceptors (Lipinski definition) is 5. The van der Waals surface area contributed by atoms with Crippen LogP contribution in [0.2, 0.25) is 5.02 Å². The van der Waals surface area contributed by atoms with Gasteiger partial charge in [-0.05, 0) is 42.7 Å². The second kappa shape index (κ2) is 7.76. The fourth-order valence-corrected chi connectivity index (χ4v) is 5.94. The lowest BCUT2D eigenvalue weighted by Gasteiger charge is -2.29. The predicted molar refractivity (Wildman–Crippen MR) is 112 cm³/mol. The van der Waals surface area contributed by atoms with Gasteiger partial charge in [-0.1, -0.05) is 41.9 Å². The number of ketones is 1. The molecule has 2 atom stereocenters. The maximum Gasteiger partial charge on any atom is 0.208 e. The molecule has 0 bridgehead atoms. The zero-order chi connectivity index (χ0) is 20.5. The SMILES string of the molecule is O=C1CCCC1C1(S(=O)(=O)c2ccccc2)C=C(OCc2ccc(Cl)cc2)C=N1. The van der Waals surface area contributed by atoms with Gasteiger partial charge in [0.1, 0.15) is 18.1 Å². The van der Waals surface area contributed by atoms with E-state index in [0.29, 0.717) is 30.0 Å². The third kappa shape index (κ3) is 3.63. The maximum absolute atomic E-state index is 13.6. The standard InChI is InChI=1S/C22H20ClNO4S/c23-17-11-9-16(10-12-17)15-28-18-13-22(24-14-18,20-7-4-8-21(20)25)29(26,27)19-5-2-1-3-6-19/h1-3,5-6,9-14,20H,4,7-8,15H2. The highest BCUT2D eigenvalue weighted by atomic mass is 35.5. The van der Waals surface area contributed by atoms with Crippen molar-refractivity contribution in [1.82, 2.24) is 0 Å². The number of nitrogens with zero attached hydrogens (tertiary/aromatic N) is 1. The molecule has 2 aliphatic rings. The van der Waals surface area contributed by atoms with Gasteiger partial charge < -0.3 is 4.74 Å². The van der Waals surface area contributed by atoms with Crippen LogP contribution in [0.1, 0.15) is 24.8 Å². The van der Waals surface area contributed by atoms with Gasteiger partial charge in [0.05, 0.1) is 17.0 Å². The molecule has 150 valence electrons. The zero-order valence-corrected chi connectivity index (χ0v) is 17.2. The Balaban J connectivity index is 1.68. The topological polar surface area (TPSA) is 72.8 Å². The summed E-state index contributed by atoms with van der Waals surface area (Å²) >= 11 is 5.90. The van der Waals surface area contributed by atoms with Crippen molar-refractivity contribution in [2.24, 2.45) is 10.9 Å². The highest BCUT2D eigenvalue weighted by Gasteiger charge is 2.55. The van der Waals surface area contributed by atoms with Gasteiger partial charge >= 0.3 is 0 Å². The zero-order valence-electron chi connectivity index (χ0n) is 15.6. The summed E-state index contributed by atoms with van der Waals surface area (Å²) in [6.45, 7) is 0.245. The molecular weight excluding hydrogens is 410 g/mol. The van der Waals surface area contributed by atoms with E-state index in [1.165, 1.54) is 24.4 Å². The number of aliphatic imine (C=N–C) groups is 1. The fraction of sp³-hybridized carbons (Fsp3) is 0.273. The number of benzene rings is 2. The lowest BCUT2D eigenvalue weighted by atomic mass is 9.97. The average molecular weight is 430 g/mol. The molecule has 0 amide bonds. The van der Waals surface area contributed by atoms with Crippen molar-refractivity contribution in [3.05, 3.63) is 77.0 Å². The summed E-state index contributed by atoms with van der Waals surface area (Å²) in [7, 11) is -3.93. The van der Waals surface area contributed by atoms with Gasteiger partial charge in [-0.15, -0.1) is 0 Å². The highest BCUT2D eigenvalue weighted by Crippen LogP contribution is 2.44. The Labute approximate surface area is 175 Å². The normalized spacial score (nSPS) is 24.0. The van der Waals surface area contributed by atoms with Gasteiger partial charge in [-0.2, -0.15) is 0 Å². The van der Waals surface area contributed by atoms with Crippen LogP contribution in [-0.4, -0.2) is 25.3 Å². The minimum absolute atomic E-state index is 0.0724. The predicted octanol–water partition coefficient (Wildman–Crippen LogP) is 4.36. The van der Waals surface area contributed by atoms with Crippen LogP contribution in [0.5, 0.6) is 0 Å². The average Bonchev–Trinajstić information content (AvgIpc) is 3.35. The molecule has 1 heterocycles. The second-order valence-electron chi connectivity index (χ2n) is 7.20. The van der Waals surface area contributed by atoms with Crippen LogP contribution in [0, 0.1) is 5.92 Å². The van der Waals surface area contributed by atoms with Crippen molar-refractivity contribution < 1.29 is 17.9 Å². The Hall–Kier alpha value is -2.44. The summed E-state index contributed by atoms with van der Waals surface area (Å²) < 4.78 is 32.9. The third-order valence-corrected chi connectivity index (χ3v) is 7.86. The first-order chi connectivity index (χ1) is 13.9. The number of carbonyl (C=O) groups is 1. The summed E-state index contributed by atoms with van der Waals surface area (Å²) in [5, 5.41) is 0.628.